The van der Waals surface area contributed by atoms with Crippen LogP contribution in [0.3, 0.4) is 0 Å². The number of aromatic nitrogens is 5. The number of carbonyl (C=O) groups excluding carboxylic acids is 2. The predicted molar refractivity (Wildman–Crippen MR) is 140 cm³/mol. The molecule has 3 N–H and O–H groups in total. The molecular weight excluding hydrogens is 546 g/mol. The number of carbonyl (C=O) groups is 2. The number of fused-ring (bicyclic) bond motifs is 1. The number of rotatable bonds is 10. The second kappa shape index (κ2) is 11.7. The molecule has 224 valence electrons. The van der Waals surface area contributed by atoms with Crippen molar-refractivity contribution < 1.29 is 32.3 Å². The molecule has 14 heteroatoms. The second-order valence-electron chi connectivity index (χ2n) is 11.6. The number of aliphatic hydroxyl groups excluding tert-OH is 1. The third-order valence-corrected chi connectivity index (χ3v) is 7.41. The van der Waals surface area contributed by atoms with Gasteiger partial charge in [0.2, 0.25) is 18.3 Å². The molecule has 0 aliphatic heterocycles. The number of nitrogens with zero attached hydrogens (tertiary/aromatic N) is 5. The zero-order valence-corrected chi connectivity index (χ0v) is 23.3. The number of imidazole rings is 1. The van der Waals surface area contributed by atoms with E-state index in [2.05, 4.69) is 25.8 Å². The van der Waals surface area contributed by atoms with E-state index in [9.17, 15) is 32.3 Å². The molecule has 0 aromatic carbocycles. The minimum Gasteiger partial charge on any atom is -0.369 e. The maximum Gasteiger partial charge on any atom is 0.270 e. The van der Waals surface area contributed by atoms with Gasteiger partial charge in [0, 0.05) is 42.5 Å². The fourth-order valence-corrected chi connectivity index (χ4v) is 4.94. The Morgan fingerprint density at radius 2 is 1.85 bits per heavy atom. The van der Waals surface area contributed by atoms with Crippen molar-refractivity contribution in [2.75, 3.05) is 0 Å². The number of hydrogen-bond acceptors (Lipinski definition) is 6. The first-order valence-electron chi connectivity index (χ1n) is 13.5. The van der Waals surface area contributed by atoms with Gasteiger partial charge in [0.25, 0.3) is 5.91 Å². The Kier molecular flexibility index (Phi) is 8.71. The van der Waals surface area contributed by atoms with Crippen molar-refractivity contribution in [3.63, 3.8) is 0 Å². The first-order valence-corrected chi connectivity index (χ1v) is 13.5. The van der Waals surface area contributed by atoms with E-state index >= 15 is 0 Å². The van der Waals surface area contributed by atoms with Crippen LogP contribution in [0.1, 0.15) is 99.9 Å². The molecule has 10 nitrogen and oxygen atoms in total. The third kappa shape index (κ3) is 7.03. The Hall–Kier alpha value is -3.55. The van der Waals surface area contributed by atoms with Gasteiger partial charge in [0.15, 0.2) is 11.9 Å². The van der Waals surface area contributed by atoms with Gasteiger partial charge < -0.3 is 15.7 Å². The van der Waals surface area contributed by atoms with Gasteiger partial charge >= 0.3 is 0 Å². The predicted octanol–water partition coefficient (Wildman–Crippen LogP) is 4.59. The Balaban J connectivity index is 1.58. The van der Waals surface area contributed by atoms with Crippen LogP contribution in [0.2, 0.25) is 0 Å². The van der Waals surface area contributed by atoms with Crippen molar-refractivity contribution in [1.29, 1.82) is 0 Å². The van der Waals surface area contributed by atoms with Gasteiger partial charge in [0.05, 0.1) is 24.1 Å². The maximum absolute atomic E-state index is 14.0. The van der Waals surface area contributed by atoms with Gasteiger partial charge in [-0.3, -0.25) is 14.3 Å². The Morgan fingerprint density at radius 1 is 1.17 bits per heavy atom. The zero-order chi connectivity index (χ0) is 30.1. The van der Waals surface area contributed by atoms with Crippen LogP contribution in [0.4, 0.5) is 17.6 Å². The number of halogens is 4. The number of hydrogen-bond donors (Lipinski definition) is 3. The molecule has 1 saturated carbocycles. The largest absolute Gasteiger partial charge is 0.369 e. The molecule has 3 heterocycles. The Bertz CT molecular complexity index is 1380. The first-order chi connectivity index (χ1) is 19.2. The van der Waals surface area contributed by atoms with Crippen LogP contribution in [0.5, 0.6) is 0 Å². The van der Waals surface area contributed by atoms with Gasteiger partial charge in [-0.1, -0.05) is 13.8 Å². The van der Waals surface area contributed by atoms with Crippen LogP contribution in [0.25, 0.3) is 5.65 Å². The van der Waals surface area contributed by atoms with E-state index in [4.69, 9.17) is 0 Å². The highest BCUT2D eigenvalue weighted by atomic mass is 19.3. The molecule has 0 saturated heterocycles. The monoisotopic (exact) mass is 581 g/mol. The summed E-state index contributed by atoms with van der Waals surface area (Å²) in [6.07, 6.45) is -0.633. The summed E-state index contributed by atoms with van der Waals surface area (Å²) in [5.74, 6) is -4.26. The summed E-state index contributed by atoms with van der Waals surface area (Å²) in [4.78, 5) is 30.1. The van der Waals surface area contributed by atoms with Crippen molar-refractivity contribution in [3.8, 4) is 0 Å². The molecular formula is C27H35F4N7O3. The molecule has 0 spiro atoms. The number of amides is 2. The molecule has 1 fully saturated rings. The quantitative estimate of drug-likeness (QED) is 0.238. The normalized spacial score (nSPS) is 17.6. The lowest BCUT2D eigenvalue weighted by Crippen LogP contribution is -2.38. The number of nitrogens with one attached hydrogen (secondary N) is 2. The maximum atomic E-state index is 14.0. The summed E-state index contributed by atoms with van der Waals surface area (Å²) >= 11 is 0. The lowest BCUT2D eigenvalue weighted by Gasteiger charge is -2.33. The van der Waals surface area contributed by atoms with Gasteiger partial charge in [-0.2, -0.15) is 10.2 Å². The third-order valence-electron chi connectivity index (χ3n) is 7.41. The van der Waals surface area contributed by atoms with Gasteiger partial charge in [-0.15, -0.1) is 0 Å². The minimum absolute atomic E-state index is 0.0799. The molecule has 3 aromatic heterocycles. The fraction of sp³-hybridized carbons (Fsp3) is 0.593. The van der Waals surface area contributed by atoms with Crippen LogP contribution < -0.4 is 10.6 Å². The van der Waals surface area contributed by atoms with Crippen molar-refractivity contribution >= 4 is 17.5 Å². The molecule has 0 radical (unpaired) electrons. The topological polar surface area (TPSA) is 126 Å². The molecule has 2 amide bonds. The van der Waals surface area contributed by atoms with Crippen molar-refractivity contribution in [2.24, 2.45) is 11.3 Å². The van der Waals surface area contributed by atoms with E-state index in [1.807, 2.05) is 13.8 Å². The van der Waals surface area contributed by atoms with Gasteiger partial charge in [-0.25, -0.2) is 27.1 Å². The van der Waals surface area contributed by atoms with E-state index in [1.165, 1.54) is 36.8 Å². The summed E-state index contributed by atoms with van der Waals surface area (Å²) in [6, 6.07) is 2.25. The van der Waals surface area contributed by atoms with Crippen LogP contribution in [-0.4, -0.2) is 53.6 Å². The molecule has 0 unspecified atom stereocenters. The number of alkyl halides is 4. The van der Waals surface area contributed by atoms with Gasteiger partial charge in [0.1, 0.15) is 5.69 Å². The molecule has 1 aliphatic carbocycles. The summed E-state index contributed by atoms with van der Waals surface area (Å²) in [5, 5.41) is 24.2. The van der Waals surface area contributed by atoms with Gasteiger partial charge in [-0.05, 0) is 44.7 Å². The summed E-state index contributed by atoms with van der Waals surface area (Å²) in [5.41, 5.74) is -0.419. The smallest absolute Gasteiger partial charge is 0.270 e. The molecule has 41 heavy (non-hydrogen) atoms. The Labute approximate surface area is 234 Å². The average molecular weight is 582 g/mol. The highest BCUT2D eigenvalue weighted by Gasteiger charge is 2.39. The Morgan fingerprint density at radius 3 is 2.49 bits per heavy atom. The molecule has 2 atom stereocenters. The lowest BCUT2D eigenvalue weighted by molar-refractivity contribution is -0.128. The SMILES string of the molecule is CC(C)n1nccc1C(=O)N[C@H](c1cn2ncc([C@@H](O)NC(=O)CC(C)(C)C(F)F)cc2n1)C1CCC(F)(F)CC1. The highest BCUT2D eigenvalue weighted by Crippen LogP contribution is 2.41. The van der Waals surface area contributed by atoms with Crippen LogP contribution in [-0.2, 0) is 4.79 Å². The fourth-order valence-electron chi connectivity index (χ4n) is 4.94. The second-order valence-corrected chi connectivity index (χ2v) is 11.6. The summed E-state index contributed by atoms with van der Waals surface area (Å²) in [6.45, 7) is 6.27. The summed E-state index contributed by atoms with van der Waals surface area (Å²) in [7, 11) is 0. The standard InChI is InChI=1S/C27H35F4N7O3/c1-15(2)38-19(7-10-32-38)24(41)36-22(16-5-8-27(30,31)9-6-16)18-14-37-20(34-18)11-17(13-33-37)23(40)35-21(39)12-26(3,4)25(28)29/h7,10-11,13-16,22-23,25,40H,5-6,8-9,12H2,1-4H3,(H,35,39)(H,36,41)/t22-,23+/m0/s1. The van der Waals surface area contributed by atoms with Crippen LogP contribution in [0, 0.1) is 11.3 Å². The molecule has 1 aliphatic rings. The first kappa shape index (κ1) is 30.4. The van der Waals surface area contributed by atoms with Crippen molar-refractivity contribution in [1.82, 2.24) is 35.0 Å². The van der Waals surface area contributed by atoms with E-state index < -0.39 is 48.3 Å². The van der Waals surface area contributed by atoms with Crippen molar-refractivity contribution in [2.45, 2.75) is 90.5 Å². The molecule has 3 aromatic rings. The van der Waals surface area contributed by atoms with Crippen LogP contribution in [0.15, 0.2) is 30.7 Å². The van der Waals surface area contributed by atoms with E-state index in [-0.39, 0.29) is 48.9 Å². The zero-order valence-electron chi connectivity index (χ0n) is 23.3. The number of aliphatic hydroxyl groups is 1. The van der Waals surface area contributed by atoms with E-state index in [0.717, 1.165) is 0 Å². The lowest BCUT2D eigenvalue weighted by atomic mass is 9.81. The highest BCUT2D eigenvalue weighted by molar-refractivity contribution is 5.92. The van der Waals surface area contributed by atoms with Crippen LogP contribution >= 0.6 is 0 Å². The van der Waals surface area contributed by atoms with E-state index in [1.54, 1.807) is 16.9 Å². The van der Waals surface area contributed by atoms with Crippen molar-refractivity contribution in [3.05, 3.63) is 47.7 Å². The molecule has 0 bridgehead atoms. The minimum atomic E-state index is -2.76. The summed E-state index contributed by atoms with van der Waals surface area (Å²) < 4.78 is 57.2. The molecule has 4 rings (SSSR count). The average Bonchev–Trinajstić information content (AvgIpc) is 3.54. The van der Waals surface area contributed by atoms with E-state index in [0.29, 0.717) is 11.4 Å².